The van der Waals surface area contributed by atoms with E-state index in [1.165, 1.54) is 18.2 Å². The van der Waals surface area contributed by atoms with Crippen molar-refractivity contribution in [2.45, 2.75) is 9.79 Å². The predicted octanol–water partition coefficient (Wildman–Crippen LogP) is -1.77. The summed E-state index contributed by atoms with van der Waals surface area (Å²) in [5.74, 6) is 0. The standard InChI is InChI=1S/C10H16N2O6S2/c13-6-4-11-19(15,16)9-2-1-3-10(8-9)20(17,18)12-5-7-14/h1-3,8,11-14H,4-7H2. The fourth-order valence-corrected chi connectivity index (χ4v) is 3.54. The molecule has 20 heavy (non-hydrogen) atoms. The topological polar surface area (TPSA) is 133 Å². The second kappa shape index (κ2) is 7.11. The molecule has 0 aromatic heterocycles. The Balaban J connectivity index is 3.08. The maximum Gasteiger partial charge on any atom is 0.240 e. The first kappa shape index (κ1) is 17.0. The lowest BCUT2D eigenvalue weighted by molar-refractivity contribution is 0.301. The Morgan fingerprint density at radius 2 is 1.25 bits per heavy atom. The van der Waals surface area contributed by atoms with Crippen LogP contribution in [0.1, 0.15) is 0 Å². The Kier molecular flexibility index (Phi) is 6.05. The average Bonchev–Trinajstić information content (AvgIpc) is 2.43. The van der Waals surface area contributed by atoms with Crippen LogP contribution >= 0.6 is 0 Å². The lowest BCUT2D eigenvalue weighted by Crippen LogP contribution is -2.28. The number of nitrogens with one attached hydrogen (secondary N) is 2. The molecule has 1 aromatic rings. The van der Waals surface area contributed by atoms with E-state index in [-0.39, 0.29) is 36.1 Å². The fraction of sp³-hybridized carbons (Fsp3) is 0.400. The van der Waals surface area contributed by atoms with Gasteiger partial charge in [0.2, 0.25) is 20.0 Å². The van der Waals surface area contributed by atoms with Gasteiger partial charge in [0, 0.05) is 13.1 Å². The highest BCUT2D eigenvalue weighted by atomic mass is 32.2. The highest BCUT2D eigenvalue weighted by molar-refractivity contribution is 7.90. The molecule has 0 saturated carbocycles. The number of sulfonamides is 2. The third kappa shape index (κ3) is 4.51. The van der Waals surface area contributed by atoms with Crippen molar-refractivity contribution in [1.29, 1.82) is 0 Å². The van der Waals surface area contributed by atoms with Gasteiger partial charge >= 0.3 is 0 Å². The van der Waals surface area contributed by atoms with Gasteiger partial charge in [-0.3, -0.25) is 0 Å². The quantitative estimate of drug-likeness (QED) is 0.447. The maximum absolute atomic E-state index is 11.8. The molecule has 0 atom stereocenters. The molecule has 0 bridgehead atoms. The van der Waals surface area contributed by atoms with Crippen molar-refractivity contribution in [2.24, 2.45) is 0 Å². The van der Waals surface area contributed by atoms with Gasteiger partial charge in [-0.15, -0.1) is 0 Å². The van der Waals surface area contributed by atoms with Crippen LogP contribution in [0.4, 0.5) is 0 Å². The predicted molar refractivity (Wildman–Crippen MR) is 71.0 cm³/mol. The summed E-state index contributed by atoms with van der Waals surface area (Å²) in [5, 5.41) is 17.2. The van der Waals surface area contributed by atoms with Crippen LogP contribution in [0.2, 0.25) is 0 Å². The number of hydrogen-bond acceptors (Lipinski definition) is 6. The minimum atomic E-state index is -3.88. The zero-order valence-electron chi connectivity index (χ0n) is 10.5. The molecule has 8 nitrogen and oxygen atoms in total. The van der Waals surface area contributed by atoms with E-state index in [9.17, 15) is 16.8 Å². The number of aliphatic hydroxyl groups excluding tert-OH is 2. The molecule has 0 saturated heterocycles. The summed E-state index contributed by atoms with van der Waals surface area (Å²) in [4.78, 5) is -0.448. The van der Waals surface area contributed by atoms with Crippen LogP contribution in [-0.4, -0.2) is 53.4 Å². The van der Waals surface area contributed by atoms with Crippen molar-refractivity contribution in [3.63, 3.8) is 0 Å². The lowest BCUT2D eigenvalue weighted by Gasteiger charge is -2.08. The first-order valence-corrected chi connectivity index (χ1v) is 8.61. The second-order valence-electron chi connectivity index (χ2n) is 3.72. The first-order valence-electron chi connectivity index (χ1n) is 5.64. The Morgan fingerprint density at radius 1 is 0.850 bits per heavy atom. The van der Waals surface area contributed by atoms with Gasteiger partial charge in [0.15, 0.2) is 0 Å². The van der Waals surface area contributed by atoms with E-state index in [2.05, 4.69) is 9.44 Å². The molecule has 0 amide bonds. The van der Waals surface area contributed by atoms with Crippen LogP contribution < -0.4 is 9.44 Å². The van der Waals surface area contributed by atoms with Gasteiger partial charge in [-0.2, -0.15) is 0 Å². The summed E-state index contributed by atoms with van der Waals surface area (Å²) < 4.78 is 51.5. The minimum Gasteiger partial charge on any atom is -0.395 e. The van der Waals surface area contributed by atoms with Gasteiger partial charge in [-0.1, -0.05) is 6.07 Å². The van der Waals surface area contributed by atoms with Crippen molar-refractivity contribution >= 4 is 20.0 Å². The molecule has 0 unspecified atom stereocenters. The van der Waals surface area contributed by atoms with E-state index < -0.39 is 20.0 Å². The molecule has 1 rings (SSSR count). The zero-order valence-corrected chi connectivity index (χ0v) is 12.1. The van der Waals surface area contributed by atoms with E-state index >= 15 is 0 Å². The molecule has 0 fully saturated rings. The number of aliphatic hydroxyl groups is 2. The molecular weight excluding hydrogens is 308 g/mol. The molecule has 0 aliphatic heterocycles. The summed E-state index contributed by atoms with van der Waals surface area (Å²) in [7, 11) is -7.75. The van der Waals surface area contributed by atoms with Gasteiger partial charge in [-0.25, -0.2) is 26.3 Å². The van der Waals surface area contributed by atoms with Gasteiger partial charge in [-0.05, 0) is 18.2 Å². The Labute approximate surface area is 117 Å². The average molecular weight is 324 g/mol. The van der Waals surface area contributed by atoms with Crippen molar-refractivity contribution in [1.82, 2.24) is 9.44 Å². The van der Waals surface area contributed by atoms with Gasteiger partial charge in [0.25, 0.3) is 0 Å². The Morgan fingerprint density at radius 3 is 1.60 bits per heavy atom. The fourth-order valence-electron chi connectivity index (χ4n) is 1.34. The lowest BCUT2D eigenvalue weighted by atomic mass is 10.4. The molecule has 4 N–H and O–H groups in total. The van der Waals surface area contributed by atoms with E-state index in [4.69, 9.17) is 10.2 Å². The van der Waals surface area contributed by atoms with Crippen molar-refractivity contribution in [3.05, 3.63) is 24.3 Å². The number of rotatable bonds is 8. The van der Waals surface area contributed by atoms with Crippen LogP contribution in [0, 0.1) is 0 Å². The number of benzene rings is 1. The molecule has 0 heterocycles. The Hall–Kier alpha value is -1.04. The summed E-state index contributed by atoms with van der Waals surface area (Å²) in [6.45, 7) is -1.06. The van der Waals surface area contributed by atoms with Crippen LogP contribution in [0.25, 0.3) is 0 Å². The molecule has 114 valence electrons. The Bertz CT molecular complexity index is 588. The van der Waals surface area contributed by atoms with Gasteiger partial charge in [0.1, 0.15) is 0 Å². The zero-order chi connectivity index (χ0) is 15.2. The maximum atomic E-state index is 11.8. The smallest absolute Gasteiger partial charge is 0.240 e. The summed E-state index contributed by atoms with van der Waals surface area (Å²) in [6.07, 6.45) is 0. The van der Waals surface area contributed by atoms with Crippen molar-refractivity contribution in [2.75, 3.05) is 26.3 Å². The molecule has 0 spiro atoms. The minimum absolute atomic E-state index is 0.165. The molecule has 0 aliphatic rings. The van der Waals surface area contributed by atoms with Crippen LogP contribution in [0.5, 0.6) is 0 Å². The molecule has 0 aliphatic carbocycles. The van der Waals surface area contributed by atoms with Crippen molar-refractivity contribution < 1.29 is 27.0 Å². The highest BCUT2D eigenvalue weighted by Gasteiger charge is 2.18. The van der Waals surface area contributed by atoms with E-state index in [0.29, 0.717) is 0 Å². The van der Waals surface area contributed by atoms with E-state index in [1.807, 2.05) is 0 Å². The van der Waals surface area contributed by atoms with Crippen LogP contribution in [0.15, 0.2) is 34.1 Å². The monoisotopic (exact) mass is 324 g/mol. The third-order valence-corrected chi connectivity index (χ3v) is 5.15. The van der Waals surface area contributed by atoms with E-state index in [1.54, 1.807) is 0 Å². The molecule has 0 radical (unpaired) electrons. The van der Waals surface area contributed by atoms with Gasteiger partial charge < -0.3 is 10.2 Å². The van der Waals surface area contributed by atoms with Crippen molar-refractivity contribution in [3.8, 4) is 0 Å². The first-order chi connectivity index (χ1) is 9.33. The summed E-state index contributed by atoms with van der Waals surface area (Å²) in [6, 6.07) is 4.77. The largest absolute Gasteiger partial charge is 0.395 e. The van der Waals surface area contributed by atoms with Crippen LogP contribution in [0.3, 0.4) is 0 Å². The van der Waals surface area contributed by atoms with E-state index in [0.717, 1.165) is 6.07 Å². The number of hydrogen-bond donors (Lipinski definition) is 4. The third-order valence-electron chi connectivity index (χ3n) is 2.23. The highest BCUT2D eigenvalue weighted by Crippen LogP contribution is 2.15. The molecular formula is C10H16N2O6S2. The summed E-state index contributed by atoms with van der Waals surface area (Å²) >= 11 is 0. The van der Waals surface area contributed by atoms with Gasteiger partial charge in [0.05, 0.1) is 23.0 Å². The summed E-state index contributed by atoms with van der Waals surface area (Å²) in [5.41, 5.74) is 0. The molecule has 10 heteroatoms. The SMILES string of the molecule is O=S(=O)(NCCO)c1cccc(S(=O)(=O)NCCO)c1. The normalized spacial score (nSPS) is 12.5. The van der Waals surface area contributed by atoms with Crippen LogP contribution in [-0.2, 0) is 20.0 Å². The molecule has 1 aromatic carbocycles. The second-order valence-corrected chi connectivity index (χ2v) is 7.25.